The number of anilines is 1. The van der Waals surface area contributed by atoms with Crippen LogP contribution in [0.15, 0.2) is 12.3 Å². The molecule has 1 saturated heterocycles. The lowest BCUT2D eigenvalue weighted by molar-refractivity contribution is -0.385. The van der Waals surface area contributed by atoms with Gasteiger partial charge in [0.1, 0.15) is 12.0 Å². The van der Waals surface area contributed by atoms with Gasteiger partial charge < -0.3 is 16.4 Å². The van der Waals surface area contributed by atoms with Gasteiger partial charge in [-0.15, -0.1) is 0 Å². The van der Waals surface area contributed by atoms with Gasteiger partial charge in [0.2, 0.25) is 0 Å². The fourth-order valence-electron chi connectivity index (χ4n) is 2.83. The first kappa shape index (κ1) is 15.2. The molecular weight excluding hydrogens is 274 g/mol. The Kier molecular flexibility index (Phi) is 4.37. The molecule has 1 amide bonds. The summed E-state index contributed by atoms with van der Waals surface area (Å²) in [5.41, 5.74) is 11.0. The van der Waals surface area contributed by atoms with Crippen LogP contribution < -0.4 is 16.4 Å². The van der Waals surface area contributed by atoms with Crippen molar-refractivity contribution in [2.75, 3.05) is 11.4 Å². The molecule has 2 atom stereocenters. The first-order chi connectivity index (χ1) is 9.95. The summed E-state index contributed by atoms with van der Waals surface area (Å²) in [5.74, 6) is -0.342. The first-order valence-electron chi connectivity index (χ1n) is 6.88. The Morgan fingerprint density at radius 1 is 1.57 bits per heavy atom. The van der Waals surface area contributed by atoms with Gasteiger partial charge in [-0.25, -0.2) is 4.98 Å². The minimum Gasteiger partial charge on any atom is -0.365 e. The number of pyridine rings is 1. The fraction of sp³-hybridized carbons (Fsp3) is 0.538. The lowest BCUT2D eigenvalue weighted by Gasteiger charge is -2.41. The van der Waals surface area contributed by atoms with Crippen molar-refractivity contribution in [3.05, 3.63) is 27.9 Å². The number of hydrogen-bond acceptors (Lipinski definition) is 6. The van der Waals surface area contributed by atoms with Crippen molar-refractivity contribution in [3.63, 3.8) is 0 Å². The predicted molar refractivity (Wildman–Crippen MR) is 78.0 cm³/mol. The molecule has 21 heavy (non-hydrogen) atoms. The van der Waals surface area contributed by atoms with Gasteiger partial charge >= 0.3 is 0 Å². The number of piperidine rings is 1. The van der Waals surface area contributed by atoms with Crippen LogP contribution in [0.2, 0.25) is 0 Å². The van der Waals surface area contributed by atoms with E-state index in [1.165, 1.54) is 6.07 Å². The highest BCUT2D eigenvalue weighted by Crippen LogP contribution is 2.31. The Morgan fingerprint density at radius 3 is 2.86 bits per heavy atom. The van der Waals surface area contributed by atoms with Gasteiger partial charge in [0.15, 0.2) is 0 Å². The molecule has 1 aliphatic heterocycles. The molecule has 8 nitrogen and oxygen atoms in total. The number of hydrogen-bond donors (Lipinski definition) is 2. The Morgan fingerprint density at radius 2 is 2.29 bits per heavy atom. The van der Waals surface area contributed by atoms with Crippen molar-refractivity contribution >= 4 is 17.4 Å². The summed E-state index contributed by atoms with van der Waals surface area (Å²) >= 11 is 0. The summed E-state index contributed by atoms with van der Waals surface area (Å²) in [7, 11) is 0. The zero-order valence-electron chi connectivity index (χ0n) is 11.9. The summed E-state index contributed by atoms with van der Waals surface area (Å²) < 4.78 is 0. The number of rotatable bonds is 4. The van der Waals surface area contributed by atoms with Gasteiger partial charge in [-0.2, -0.15) is 0 Å². The Labute approximate surface area is 122 Å². The standard InChI is InChI=1S/C13H19N5O3/c1-8-3-2-4-9(6-14)17(8)13-11(12(15)19)5-10(7-16-13)18(20)21/h5,7-9H,2-4,6,14H2,1H3,(H2,15,19). The molecule has 0 radical (unpaired) electrons. The summed E-state index contributed by atoms with van der Waals surface area (Å²) in [6, 6.07) is 1.39. The number of nitro groups is 1. The lowest BCUT2D eigenvalue weighted by Crippen LogP contribution is -2.50. The van der Waals surface area contributed by atoms with Crippen LogP contribution in [0.25, 0.3) is 0 Å². The molecule has 0 aliphatic carbocycles. The third kappa shape index (κ3) is 2.94. The molecule has 1 aromatic rings. The minimum absolute atomic E-state index is 0.0563. The van der Waals surface area contributed by atoms with Crippen LogP contribution in [0.3, 0.4) is 0 Å². The van der Waals surface area contributed by atoms with Crippen LogP contribution in [0.1, 0.15) is 36.5 Å². The lowest BCUT2D eigenvalue weighted by atomic mass is 9.95. The Bertz CT molecular complexity index is 563. The zero-order chi connectivity index (χ0) is 15.6. The minimum atomic E-state index is -0.727. The monoisotopic (exact) mass is 293 g/mol. The topological polar surface area (TPSA) is 128 Å². The van der Waals surface area contributed by atoms with Crippen molar-refractivity contribution < 1.29 is 9.72 Å². The third-order valence-electron chi connectivity index (χ3n) is 3.87. The van der Waals surface area contributed by atoms with Crippen LogP contribution in [0.5, 0.6) is 0 Å². The summed E-state index contributed by atoms with van der Waals surface area (Å²) in [6.07, 6.45) is 4.06. The molecule has 0 saturated carbocycles. The number of nitrogens with zero attached hydrogens (tertiary/aromatic N) is 3. The van der Waals surface area contributed by atoms with Crippen molar-refractivity contribution in [3.8, 4) is 0 Å². The average molecular weight is 293 g/mol. The highest BCUT2D eigenvalue weighted by atomic mass is 16.6. The van der Waals surface area contributed by atoms with Crippen LogP contribution in [0, 0.1) is 10.1 Å². The molecule has 1 fully saturated rings. The quantitative estimate of drug-likeness (QED) is 0.624. The molecule has 0 bridgehead atoms. The van der Waals surface area contributed by atoms with E-state index in [0.717, 1.165) is 25.5 Å². The molecule has 1 aliphatic rings. The van der Waals surface area contributed by atoms with E-state index < -0.39 is 10.8 Å². The van der Waals surface area contributed by atoms with Crippen LogP contribution in [-0.2, 0) is 0 Å². The number of carbonyl (C=O) groups is 1. The number of carbonyl (C=O) groups excluding carboxylic acids is 1. The normalized spacial score (nSPS) is 22.1. The molecule has 0 aromatic carbocycles. The molecular formula is C13H19N5O3. The van der Waals surface area contributed by atoms with E-state index in [1.54, 1.807) is 0 Å². The van der Waals surface area contributed by atoms with Crippen LogP contribution >= 0.6 is 0 Å². The maximum Gasteiger partial charge on any atom is 0.288 e. The molecule has 2 heterocycles. The summed E-state index contributed by atoms with van der Waals surface area (Å²) in [5, 5.41) is 10.8. The van der Waals surface area contributed by atoms with Gasteiger partial charge in [-0.05, 0) is 26.2 Å². The van der Waals surface area contributed by atoms with Crippen molar-refractivity contribution in [1.82, 2.24) is 4.98 Å². The van der Waals surface area contributed by atoms with E-state index >= 15 is 0 Å². The second-order valence-corrected chi connectivity index (χ2v) is 5.26. The molecule has 2 rings (SSSR count). The highest BCUT2D eigenvalue weighted by Gasteiger charge is 2.31. The number of amides is 1. The van der Waals surface area contributed by atoms with Crippen LogP contribution in [-0.4, -0.2) is 34.4 Å². The zero-order valence-corrected chi connectivity index (χ0v) is 11.9. The van der Waals surface area contributed by atoms with E-state index in [0.29, 0.717) is 12.4 Å². The smallest absolute Gasteiger partial charge is 0.288 e. The van der Waals surface area contributed by atoms with Gasteiger partial charge in [0.25, 0.3) is 11.6 Å². The van der Waals surface area contributed by atoms with Crippen LogP contribution in [0.4, 0.5) is 11.5 Å². The average Bonchev–Trinajstić information content (AvgIpc) is 2.46. The summed E-state index contributed by atoms with van der Waals surface area (Å²) in [4.78, 5) is 28.0. The van der Waals surface area contributed by atoms with Crippen molar-refractivity contribution in [1.29, 1.82) is 0 Å². The maximum atomic E-state index is 11.6. The number of nitrogens with two attached hydrogens (primary N) is 2. The summed E-state index contributed by atoms with van der Waals surface area (Å²) in [6.45, 7) is 2.46. The maximum absolute atomic E-state index is 11.6. The SMILES string of the molecule is CC1CCCC(CN)N1c1ncc([N+](=O)[O-])cc1C(N)=O. The third-order valence-corrected chi connectivity index (χ3v) is 3.87. The second-order valence-electron chi connectivity index (χ2n) is 5.26. The Hall–Kier alpha value is -2.22. The molecule has 8 heteroatoms. The first-order valence-corrected chi connectivity index (χ1v) is 6.88. The van der Waals surface area contributed by atoms with Crippen molar-refractivity contribution in [2.45, 2.75) is 38.3 Å². The molecule has 0 spiro atoms. The van der Waals surface area contributed by atoms with Gasteiger partial charge in [0, 0.05) is 24.7 Å². The van der Waals surface area contributed by atoms with Gasteiger partial charge in [-0.3, -0.25) is 14.9 Å². The largest absolute Gasteiger partial charge is 0.365 e. The van der Waals surface area contributed by atoms with Gasteiger partial charge in [0.05, 0.1) is 10.5 Å². The van der Waals surface area contributed by atoms with Crippen molar-refractivity contribution in [2.24, 2.45) is 11.5 Å². The molecule has 4 N–H and O–H groups in total. The molecule has 2 unspecified atom stereocenters. The van der Waals surface area contributed by atoms with Gasteiger partial charge in [-0.1, -0.05) is 0 Å². The Balaban J connectivity index is 2.50. The van der Waals surface area contributed by atoms with E-state index in [1.807, 2.05) is 11.8 Å². The predicted octanol–water partition coefficient (Wildman–Crippen LogP) is 0.795. The van der Waals surface area contributed by atoms with E-state index in [9.17, 15) is 14.9 Å². The number of primary amides is 1. The van der Waals surface area contributed by atoms with E-state index in [4.69, 9.17) is 11.5 Å². The molecule has 1 aromatic heterocycles. The number of aromatic nitrogens is 1. The van der Waals surface area contributed by atoms with E-state index in [2.05, 4.69) is 4.98 Å². The molecule has 114 valence electrons. The van der Waals surface area contributed by atoms with E-state index in [-0.39, 0.29) is 23.3 Å². The fourth-order valence-corrected chi connectivity index (χ4v) is 2.83. The highest BCUT2D eigenvalue weighted by molar-refractivity contribution is 5.98. The second kappa shape index (κ2) is 6.04.